The third-order valence-electron chi connectivity index (χ3n) is 4.02. The van der Waals surface area contributed by atoms with Crippen LogP contribution in [0.2, 0.25) is 0 Å². The summed E-state index contributed by atoms with van der Waals surface area (Å²) in [6.45, 7) is 6.45. The van der Waals surface area contributed by atoms with E-state index >= 15 is 0 Å². The number of piperidine rings is 1. The Kier molecular flexibility index (Phi) is 6.42. The Hall–Kier alpha value is -1.34. The van der Waals surface area contributed by atoms with Gasteiger partial charge in [0, 0.05) is 32.7 Å². The van der Waals surface area contributed by atoms with E-state index < -0.39 is 18.0 Å². The van der Waals surface area contributed by atoms with Gasteiger partial charge < -0.3 is 25.3 Å². The summed E-state index contributed by atoms with van der Waals surface area (Å²) in [7, 11) is 1.74. The SMILES string of the molecule is CCN1CCC(N(C)C(=O)NCC(C)(O)CC(=O)O)CC1. The number of urea groups is 1. The molecule has 0 aromatic rings. The zero-order chi connectivity index (χ0) is 16.0. The van der Waals surface area contributed by atoms with Crippen molar-refractivity contribution < 1.29 is 19.8 Å². The van der Waals surface area contributed by atoms with E-state index in [-0.39, 0.29) is 18.6 Å². The lowest BCUT2D eigenvalue weighted by atomic mass is 10.0. The van der Waals surface area contributed by atoms with Crippen molar-refractivity contribution in [2.24, 2.45) is 0 Å². The van der Waals surface area contributed by atoms with E-state index in [0.29, 0.717) is 0 Å². The molecule has 1 rings (SSSR count). The number of carbonyl (C=O) groups excluding carboxylic acids is 1. The minimum Gasteiger partial charge on any atom is -0.481 e. The molecule has 1 atom stereocenters. The first-order chi connectivity index (χ1) is 9.75. The molecule has 1 saturated heterocycles. The summed E-state index contributed by atoms with van der Waals surface area (Å²) in [6.07, 6.45) is 1.47. The van der Waals surface area contributed by atoms with Crippen molar-refractivity contribution in [3.63, 3.8) is 0 Å². The Morgan fingerprint density at radius 1 is 1.38 bits per heavy atom. The van der Waals surface area contributed by atoms with Gasteiger partial charge in [-0.05, 0) is 26.3 Å². The molecule has 0 aromatic heterocycles. The van der Waals surface area contributed by atoms with E-state index in [1.165, 1.54) is 6.92 Å². The summed E-state index contributed by atoms with van der Waals surface area (Å²) < 4.78 is 0. The first kappa shape index (κ1) is 17.7. The molecule has 1 fully saturated rings. The molecule has 7 nitrogen and oxygen atoms in total. The van der Waals surface area contributed by atoms with Crippen molar-refractivity contribution in [3.05, 3.63) is 0 Å². The van der Waals surface area contributed by atoms with Crippen molar-refractivity contribution in [2.75, 3.05) is 33.2 Å². The lowest BCUT2D eigenvalue weighted by molar-refractivity contribution is -0.141. The molecule has 1 aliphatic heterocycles. The van der Waals surface area contributed by atoms with Crippen LogP contribution in [0.15, 0.2) is 0 Å². The van der Waals surface area contributed by atoms with Crippen LogP contribution in [0.5, 0.6) is 0 Å². The number of nitrogens with one attached hydrogen (secondary N) is 1. The molecule has 0 radical (unpaired) electrons. The van der Waals surface area contributed by atoms with Gasteiger partial charge in [-0.3, -0.25) is 4.79 Å². The quantitative estimate of drug-likeness (QED) is 0.658. The fraction of sp³-hybridized carbons (Fsp3) is 0.857. The maximum absolute atomic E-state index is 12.1. The van der Waals surface area contributed by atoms with Gasteiger partial charge in [-0.1, -0.05) is 6.92 Å². The summed E-state index contributed by atoms with van der Waals surface area (Å²) in [5, 5.41) is 21.2. The maximum Gasteiger partial charge on any atom is 0.317 e. The highest BCUT2D eigenvalue weighted by Gasteiger charge is 2.28. The smallest absolute Gasteiger partial charge is 0.317 e. The minimum atomic E-state index is -1.44. The molecule has 1 unspecified atom stereocenters. The topological polar surface area (TPSA) is 93.1 Å². The zero-order valence-corrected chi connectivity index (χ0v) is 13.1. The number of nitrogens with zero attached hydrogens (tertiary/aromatic N) is 2. The molecule has 3 N–H and O–H groups in total. The van der Waals surface area contributed by atoms with E-state index in [1.807, 2.05) is 0 Å². The van der Waals surface area contributed by atoms with E-state index in [4.69, 9.17) is 5.11 Å². The Labute approximate surface area is 125 Å². The molecule has 0 aliphatic carbocycles. The van der Waals surface area contributed by atoms with Gasteiger partial charge in [0.25, 0.3) is 0 Å². The lowest BCUT2D eigenvalue weighted by Crippen LogP contribution is -2.51. The third-order valence-corrected chi connectivity index (χ3v) is 4.02. The van der Waals surface area contributed by atoms with Crippen molar-refractivity contribution in [1.29, 1.82) is 0 Å². The van der Waals surface area contributed by atoms with Crippen LogP contribution in [0.3, 0.4) is 0 Å². The second-order valence-electron chi connectivity index (χ2n) is 6.00. The van der Waals surface area contributed by atoms with E-state index in [0.717, 1.165) is 32.5 Å². The second-order valence-corrected chi connectivity index (χ2v) is 6.00. The highest BCUT2D eigenvalue weighted by atomic mass is 16.4. The van der Waals surface area contributed by atoms with Crippen LogP contribution >= 0.6 is 0 Å². The summed E-state index contributed by atoms with van der Waals surface area (Å²) in [4.78, 5) is 26.7. The fourth-order valence-corrected chi connectivity index (χ4v) is 2.57. The highest BCUT2D eigenvalue weighted by molar-refractivity contribution is 5.74. The normalized spacial score (nSPS) is 19.8. The van der Waals surface area contributed by atoms with Gasteiger partial charge in [-0.15, -0.1) is 0 Å². The fourth-order valence-electron chi connectivity index (χ4n) is 2.57. The number of carbonyl (C=O) groups is 2. The number of likely N-dealkylation sites (tertiary alicyclic amines) is 1. The molecular weight excluding hydrogens is 274 g/mol. The molecule has 1 aliphatic rings. The summed E-state index contributed by atoms with van der Waals surface area (Å²) in [5.41, 5.74) is -1.44. The van der Waals surface area contributed by atoms with Gasteiger partial charge in [-0.25, -0.2) is 4.79 Å². The summed E-state index contributed by atoms with van der Waals surface area (Å²) in [5.74, 6) is -1.09. The largest absolute Gasteiger partial charge is 0.481 e. The molecule has 0 aromatic carbocycles. The number of aliphatic carboxylic acids is 1. The average molecular weight is 301 g/mol. The minimum absolute atomic E-state index is 0.0731. The summed E-state index contributed by atoms with van der Waals surface area (Å²) >= 11 is 0. The molecule has 122 valence electrons. The lowest BCUT2D eigenvalue weighted by Gasteiger charge is -2.36. The zero-order valence-electron chi connectivity index (χ0n) is 13.1. The average Bonchev–Trinajstić information content (AvgIpc) is 2.43. The van der Waals surface area contributed by atoms with Crippen molar-refractivity contribution in [3.8, 4) is 0 Å². The molecule has 0 bridgehead atoms. The summed E-state index contributed by atoms with van der Waals surface area (Å²) in [6, 6.07) is -0.0761. The van der Waals surface area contributed by atoms with Crippen molar-refractivity contribution >= 4 is 12.0 Å². The van der Waals surface area contributed by atoms with Gasteiger partial charge in [0.15, 0.2) is 0 Å². The first-order valence-electron chi connectivity index (χ1n) is 7.42. The molecule has 0 saturated carbocycles. The van der Waals surface area contributed by atoms with Crippen molar-refractivity contribution in [2.45, 2.75) is 44.8 Å². The predicted molar refractivity (Wildman–Crippen MR) is 79.2 cm³/mol. The Morgan fingerprint density at radius 2 is 1.95 bits per heavy atom. The van der Waals surface area contributed by atoms with E-state index in [1.54, 1.807) is 11.9 Å². The molecule has 2 amide bonds. The number of carboxylic acids is 1. The first-order valence-corrected chi connectivity index (χ1v) is 7.42. The van der Waals surface area contributed by atoms with Gasteiger partial charge >= 0.3 is 12.0 Å². The number of hydrogen-bond donors (Lipinski definition) is 3. The van der Waals surface area contributed by atoms with Gasteiger partial charge in [0.1, 0.15) is 0 Å². The van der Waals surface area contributed by atoms with Crippen LogP contribution in [0.25, 0.3) is 0 Å². The van der Waals surface area contributed by atoms with Crippen LogP contribution in [-0.2, 0) is 4.79 Å². The van der Waals surface area contributed by atoms with Gasteiger partial charge in [0.05, 0.1) is 12.0 Å². The third kappa shape index (κ3) is 5.89. The number of hydrogen-bond acceptors (Lipinski definition) is 4. The number of carboxylic acid groups (broad SMARTS) is 1. The van der Waals surface area contributed by atoms with Crippen LogP contribution in [-0.4, -0.2) is 76.9 Å². The van der Waals surface area contributed by atoms with E-state index in [2.05, 4.69) is 17.1 Å². The molecular formula is C14H27N3O4. The highest BCUT2D eigenvalue weighted by Crippen LogP contribution is 2.15. The Bertz CT molecular complexity index is 365. The standard InChI is InChI=1S/C14H27N3O4/c1-4-17-7-5-11(6-8-17)16(3)13(20)15-10-14(2,21)9-12(18)19/h11,21H,4-10H2,1-3H3,(H,15,20)(H,18,19). The number of aliphatic hydroxyl groups is 1. The van der Waals surface area contributed by atoms with Crippen LogP contribution in [0.1, 0.15) is 33.1 Å². The maximum atomic E-state index is 12.1. The Morgan fingerprint density at radius 3 is 2.43 bits per heavy atom. The van der Waals surface area contributed by atoms with E-state index in [9.17, 15) is 14.7 Å². The van der Waals surface area contributed by atoms with Crippen LogP contribution < -0.4 is 5.32 Å². The van der Waals surface area contributed by atoms with Crippen LogP contribution in [0.4, 0.5) is 4.79 Å². The monoisotopic (exact) mass is 301 g/mol. The predicted octanol–water partition coefficient (Wildman–Crippen LogP) is 0.338. The number of amides is 2. The second kappa shape index (κ2) is 7.61. The molecule has 7 heteroatoms. The van der Waals surface area contributed by atoms with Crippen LogP contribution in [0, 0.1) is 0 Å². The van der Waals surface area contributed by atoms with Gasteiger partial charge in [0.2, 0.25) is 0 Å². The van der Waals surface area contributed by atoms with Gasteiger partial charge in [-0.2, -0.15) is 0 Å². The van der Waals surface area contributed by atoms with Crippen molar-refractivity contribution in [1.82, 2.24) is 15.1 Å². The molecule has 21 heavy (non-hydrogen) atoms. The number of rotatable bonds is 6. The molecule has 0 spiro atoms. The Balaban J connectivity index is 2.39. The molecule has 1 heterocycles.